The van der Waals surface area contributed by atoms with Crippen LogP contribution in [0.4, 0.5) is 10.2 Å². The van der Waals surface area contributed by atoms with E-state index in [1.807, 2.05) is 18.2 Å². The van der Waals surface area contributed by atoms with Gasteiger partial charge in [0.2, 0.25) is 0 Å². The van der Waals surface area contributed by atoms with Crippen molar-refractivity contribution in [1.82, 2.24) is 24.7 Å². The van der Waals surface area contributed by atoms with E-state index in [0.29, 0.717) is 41.6 Å². The largest absolute Gasteiger partial charge is 0.395 e. The number of nitrogens with two attached hydrogens (primary N) is 1. The molecule has 0 radical (unpaired) electrons. The number of rotatable bonds is 5. The topological polar surface area (TPSA) is 104 Å². The zero-order valence-electron chi connectivity index (χ0n) is 16.4. The Morgan fingerprint density at radius 3 is 2.74 bits per heavy atom. The quantitative estimate of drug-likeness (QED) is 0.536. The minimum Gasteiger partial charge on any atom is -0.395 e. The lowest BCUT2D eigenvalue weighted by Crippen LogP contribution is -2.12. The van der Waals surface area contributed by atoms with Crippen LogP contribution in [0.2, 0.25) is 0 Å². The van der Waals surface area contributed by atoms with Gasteiger partial charge < -0.3 is 10.6 Å². The van der Waals surface area contributed by atoms with Crippen molar-refractivity contribution in [2.24, 2.45) is 5.16 Å². The summed E-state index contributed by atoms with van der Waals surface area (Å²) in [6.07, 6.45) is 4.04. The van der Waals surface area contributed by atoms with E-state index in [2.05, 4.69) is 25.2 Å². The van der Waals surface area contributed by atoms with Gasteiger partial charge in [-0.1, -0.05) is 23.4 Å². The highest BCUT2D eigenvalue weighted by atomic mass is 19.1. The average Bonchev–Trinajstić information content (AvgIpc) is 3.46. The van der Waals surface area contributed by atoms with Crippen molar-refractivity contribution in [2.45, 2.75) is 13.0 Å². The highest BCUT2D eigenvalue weighted by molar-refractivity contribution is 6.00. The zero-order valence-corrected chi connectivity index (χ0v) is 16.4. The molecule has 3 aromatic heterocycles. The van der Waals surface area contributed by atoms with Crippen LogP contribution in [-0.4, -0.2) is 37.1 Å². The Balaban J connectivity index is 1.59. The second kappa shape index (κ2) is 7.94. The van der Waals surface area contributed by atoms with Crippen molar-refractivity contribution < 1.29 is 9.23 Å². The smallest absolute Gasteiger partial charge is 0.182 e. The van der Waals surface area contributed by atoms with Gasteiger partial charge in [-0.2, -0.15) is 5.10 Å². The summed E-state index contributed by atoms with van der Waals surface area (Å²) in [5.41, 5.74) is 10.0. The van der Waals surface area contributed by atoms with Gasteiger partial charge in [0.05, 0.1) is 17.9 Å². The molecule has 0 bridgehead atoms. The first-order valence-corrected chi connectivity index (χ1v) is 9.73. The van der Waals surface area contributed by atoms with Gasteiger partial charge >= 0.3 is 0 Å². The third-order valence-electron chi connectivity index (χ3n) is 4.89. The molecule has 0 atom stereocenters. The second-order valence-electron chi connectivity index (χ2n) is 7.03. The Hall–Kier alpha value is -4.14. The molecule has 5 rings (SSSR count). The van der Waals surface area contributed by atoms with Crippen molar-refractivity contribution in [3.8, 4) is 22.8 Å². The number of benzene rings is 1. The molecule has 31 heavy (non-hydrogen) atoms. The Morgan fingerprint density at radius 2 is 1.97 bits per heavy atom. The summed E-state index contributed by atoms with van der Waals surface area (Å²) in [4.78, 5) is 18.3. The number of pyridine rings is 1. The molecule has 0 saturated carbocycles. The molecule has 0 unspecified atom stereocenters. The minimum atomic E-state index is -0.297. The van der Waals surface area contributed by atoms with Crippen LogP contribution in [0.3, 0.4) is 0 Å². The average molecular weight is 415 g/mol. The molecule has 1 aromatic carbocycles. The van der Waals surface area contributed by atoms with Crippen LogP contribution in [0, 0.1) is 5.82 Å². The molecule has 0 fully saturated rings. The Kier molecular flexibility index (Phi) is 4.83. The van der Waals surface area contributed by atoms with E-state index in [-0.39, 0.29) is 12.4 Å². The third kappa shape index (κ3) is 3.85. The summed E-state index contributed by atoms with van der Waals surface area (Å²) in [5, 5.41) is 8.76. The van der Waals surface area contributed by atoms with E-state index in [1.54, 1.807) is 41.3 Å². The minimum absolute atomic E-state index is 0.235. The van der Waals surface area contributed by atoms with Gasteiger partial charge in [0.25, 0.3) is 0 Å². The Morgan fingerprint density at radius 1 is 1.06 bits per heavy atom. The number of nitrogen functional groups attached to an aromatic ring is 1. The maximum Gasteiger partial charge on any atom is 0.182 e. The SMILES string of the molecule is Nc1cc(-c2cccnc2)nc(-c2cc(C3=NOCC3)n(Cc3ccccc3F)n2)n1. The first-order valence-electron chi connectivity index (χ1n) is 9.73. The second-order valence-corrected chi connectivity index (χ2v) is 7.03. The monoisotopic (exact) mass is 415 g/mol. The molecule has 9 heteroatoms. The van der Waals surface area contributed by atoms with Crippen LogP contribution < -0.4 is 5.73 Å². The van der Waals surface area contributed by atoms with Crippen molar-refractivity contribution in [1.29, 1.82) is 0 Å². The van der Waals surface area contributed by atoms with Crippen molar-refractivity contribution >= 4 is 11.5 Å². The van der Waals surface area contributed by atoms with E-state index < -0.39 is 0 Å². The molecular formula is C22H18FN7O. The molecule has 4 aromatic rings. The van der Waals surface area contributed by atoms with Gasteiger partial charge in [0, 0.05) is 36.0 Å². The lowest BCUT2D eigenvalue weighted by Gasteiger charge is -2.07. The molecule has 0 spiro atoms. The van der Waals surface area contributed by atoms with Gasteiger partial charge in [0.1, 0.15) is 29.6 Å². The molecule has 8 nitrogen and oxygen atoms in total. The first kappa shape index (κ1) is 18.9. The van der Waals surface area contributed by atoms with Crippen LogP contribution in [-0.2, 0) is 11.4 Å². The molecule has 0 saturated heterocycles. The van der Waals surface area contributed by atoms with E-state index in [1.165, 1.54) is 6.07 Å². The molecule has 1 aliphatic heterocycles. The number of hydrogen-bond acceptors (Lipinski definition) is 7. The fourth-order valence-electron chi connectivity index (χ4n) is 3.40. The summed E-state index contributed by atoms with van der Waals surface area (Å²) in [7, 11) is 0. The van der Waals surface area contributed by atoms with Crippen LogP contribution >= 0.6 is 0 Å². The predicted octanol–water partition coefficient (Wildman–Crippen LogP) is 3.30. The molecule has 0 amide bonds. The van der Waals surface area contributed by atoms with Gasteiger partial charge in [-0.15, -0.1) is 0 Å². The summed E-state index contributed by atoms with van der Waals surface area (Å²) < 4.78 is 16.0. The highest BCUT2D eigenvalue weighted by Gasteiger charge is 2.21. The van der Waals surface area contributed by atoms with Crippen molar-refractivity contribution in [2.75, 3.05) is 12.3 Å². The Bertz CT molecular complexity index is 1270. The first-order chi connectivity index (χ1) is 15.2. The van der Waals surface area contributed by atoms with Crippen LogP contribution in [0.5, 0.6) is 0 Å². The summed E-state index contributed by atoms with van der Waals surface area (Å²) in [6.45, 7) is 0.730. The lowest BCUT2D eigenvalue weighted by atomic mass is 10.1. The molecule has 1 aliphatic rings. The third-order valence-corrected chi connectivity index (χ3v) is 4.89. The summed E-state index contributed by atoms with van der Waals surface area (Å²) in [6, 6.07) is 13.8. The van der Waals surface area contributed by atoms with E-state index in [9.17, 15) is 4.39 Å². The fraction of sp³-hybridized carbons (Fsp3) is 0.136. The lowest BCUT2D eigenvalue weighted by molar-refractivity contribution is 0.174. The van der Waals surface area contributed by atoms with Gasteiger partial charge in [-0.25, -0.2) is 14.4 Å². The van der Waals surface area contributed by atoms with Crippen LogP contribution in [0.1, 0.15) is 17.7 Å². The molecular weight excluding hydrogens is 397 g/mol. The van der Waals surface area contributed by atoms with Crippen LogP contribution in [0.15, 0.2) is 66.1 Å². The van der Waals surface area contributed by atoms with E-state index in [4.69, 9.17) is 10.6 Å². The molecule has 4 heterocycles. The van der Waals surface area contributed by atoms with Gasteiger partial charge in [0.15, 0.2) is 5.82 Å². The molecule has 2 N–H and O–H groups in total. The zero-order chi connectivity index (χ0) is 21.2. The summed E-state index contributed by atoms with van der Waals surface area (Å²) >= 11 is 0. The Labute approximate surface area is 177 Å². The van der Waals surface area contributed by atoms with Gasteiger partial charge in [-0.05, 0) is 24.3 Å². The number of aromatic nitrogens is 5. The fourth-order valence-corrected chi connectivity index (χ4v) is 3.40. The van der Waals surface area contributed by atoms with Crippen molar-refractivity contribution in [3.05, 3.63) is 78.0 Å². The standard InChI is InChI=1S/C22H18FN7O/c23-16-6-2-1-4-15(16)13-30-20(17-7-9-31-29-17)10-19(28-30)22-26-18(11-21(24)27-22)14-5-3-8-25-12-14/h1-6,8,10-12H,7,9,13H2,(H2,24,26,27). The highest BCUT2D eigenvalue weighted by Crippen LogP contribution is 2.24. The maximum atomic E-state index is 14.3. The number of halogens is 1. The number of anilines is 1. The predicted molar refractivity (Wildman–Crippen MR) is 114 cm³/mol. The van der Waals surface area contributed by atoms with Crippen molar-refractivity contribution in [3.63, 3.8) is 0 Å². The van der Waals surface area contributed by atoms with E-state index in [0.717, 1.165) is 17.0 Å². The van der Waals surface area contributed by atoms with Gasteiger partial charge in [-0.3, -0.25) is 9.67 Å². The van der Waals surface area contributed by atoms with Crippen LogP contribution in [0.25, 0.3) is 22.8 Å². The maximum absolute atomic E-state index is 14.3. The molecule has 154 valence electrons. The number of nitrogens with zero attached hydrogens (tertiary/aromatic N) is 6. The van der Waals surface area contributed by atoms with E-state index >= 15 is 0 Å². The molecule has 0 aliphatic carbocycles. The number of oxime groups is 1. The summed E-state index contributed by atoms with van der Waals surface area (Å²) in [5.74, 6) is 0.386. The number of hydrogen-bond donors (Lipinski definition) is 1. The normalized spacial score (nSPS) is 13.1.